The number of aliphatic hydroxyl groups is 1. The summed E-state index contributed by atoms with van der Waals surface area (Å²) in [6, 6.07) is 7.13. The van der Waals surface area contributed by atoms with Crippen LogP contribution in [0.25, 0.3) is 0 Å². The molecular weight excluding hydrogens is 244 g/mol. The predicted octanol–water partition coefficient (Wildman–Crippen LogP) is 2.63. The second kappa shape index (κ2) is 4.53. The van der Waals surface area contributed by atoms with Crippen molar-refractivity contribution in [3.05, 3.63) is 46.5 Å². The maximum atomic E-state index is 11.0. The lowest BCUT2D eigenvalue weighted by Gasteiger charge is -2.11. The van der Waals surface area contributed by atoms with Crippen molar-refractivity contribution in [3.63, 3.8) is 0 Å². The first-order chi connectivity index (χ1) is 6.52. The van der Waals surface area contributed by atoms with Crippen molar-refractivity contribution in [1.82, 2.24) is 0 Å². The largest absolute Gasteiger partial charge is 0.384 e. The van der Waals surface area contributed by atoms with Gasteiger partial charge in [0.25, 0.3) is 0 Å². The lowest BCUT2D eigenvalue weighted by Crippen LogP contribution is -2.07. The van der Waals surface area contributed by atoms with Crippen LogP contribution in [-0.2, 0) is 4.79 Å². The van der Waals surface area contributed by atoms with Gasteiger partial charge in [-0.15, -0.1) is 0 Å². The Morgan fingerprint density at radius 2 is 1.93 bits per heavy atom. The molecule has 0 amide bonds. The van der Waals surface area contributed by atoms with Gasteiger partial charge in [0.2, 0.25) is 0 Å². The molecule has 1 rings (SSSR count). The van der Waals surface area contributed by atoms with E-state index in [1.165, 1.54) is 6.92 Å². The van der Waals surface area contributed by atoms with Gasteiger partial charge < -0.3 is 5.11 Å². The summed E-state index contributed by atoms with van der Waals surface area (Å²) in [6.45, 7) is 4.93. The van der Waals surface area contributed by atoms with Gasteiger partial charge >= 0.3 is 0 Å². The molecule has 1 N–H and O–H groups in total. The number of Topliss-reactive ketones (excluding diaryl/α,β-unsaturated/α-hetero) is 1. The van der Waals surface area contributed by atoms with Gasteiger partial charge in [-0.25, -0.2) is 0 Å². The van der Waals surface area contributed by atoms with Crippen LogP contribution in [0.4, 0.5) is 0 Å². The molecule has 14 heavy (non-hydrogen) atoms. The van der Waals surface area contributed by atoms with E-state index in [0.717, 1.165) is 4.47 Å². The zero-order chi connectivity index (χ0) is 10.7. The summed E-state index contributed by atoms with van der Waals surface area (Å²) in [7, 11) is 0. The van der Waals surface area contributed by atoms with Gasteiger partial charge in [0.1, 0.15) is 6.10 Å². The molecule has 0 aliphatic carbocycles. The van der Waals surface area contributed by atoms with Crippen LogP contribution in [0.1, 0.15) is 18.6 Å². The van der Waals surface area contributed by atoms with Crippen LogP contribution in [0.2, 0.25) is 0 Å². The molecule has 0 aromatic heterocycles. The number of rotatable bonds is 3. The highest BCUT2D eigenvalue weighted by atomic mass is 79.9. The molecule has 0 aliphatic heterocycles. The molecule has 1 aromatic rings. The van der Waals surface area contributed by atoms with E-state index in [-0.39, 0.29) is 11.4 Å². The molecule has 0 saturated heterocycles. The van der Waals surface area contributed by atoms with Crippen molar-refractivity contribution < 1.29 is 9.90 Å². The van der Waals surface area contributed by atoms with Gasteiger partial charge in [-0.3, -0.25) is 4.79 Å². The van der Waals surface area contributed by atoms with Crippen molar-refractivity contribution in [2.75, 3.05) is 0 Å². The fraction of sp³-hybridized carbons (Fsp3) is 0.182. The van der Waals surface area contributed by atoms with Crippen LogP contribution in [0.15, 0.2) is 40.9 Å². The highest BCUT2D eigenvalue weighted by Crippen LogP contribution is 2.22. The Bertz CT molecular complexity index is 354. The number of benzene rings is 1. The van der Waals surface area contributed by atoms with Crippen LogP contribution in [0, 0.1) is 0 Å². The van der Waals surface area contributed by atoms with Crippen LogP contribution < -0.4 is 0 Å². The third kappa shape index (κ3) is 2.53. The maximum absolute atomic E-state index is 11.0. The predicted molar refractivity (Wildman–Crippen MR) is 58.9 cm³/mol. The van der Waals surface area contributed by atoms with Gasteiger partial charge in [-0.05, 0) is 24.6 Å². The number of carbonyl (C=O) groups is 1. The second-order valence-corrected chi connectivity index (χ2v) is 3.95. The van der Waals surface area contributed by atoms with Crippen LogP contribution in [0.3, 0.4) is 0 Å². The number of hydrogen-bond donors (Lipinski definition) is 1. The lowest BCUT2D eigenvalue weighted by molar-refractivity contribution is -0.114. The van der Waals surface area contributed by atoms with Crippen LogP contribution in [0.5, 0.6) is 0 Å². The van der Waals surface area contributed by atoms with E-state index in [1.807, 2.05) is 12.1 Å². The molecule has 1 unspecified atom stereocenters. The number of aliphatic hydroxyl groups excluding tert-OH is 1. The first kappa shape index (κ1) is 11.1. The third-order valence-electron chi connectivity index (χ3n) is 1.97. The minimum Gasteiger partial charge on any atom is -0.384 e. The number of hydrogen-bond acceptors (Lipinski definition) is 2. The Morgan fingerprint density at radius 3 is 2.36 bits per heavy atom. The molecule has 0 aliphatic rings. The first-order valence-electron chi connectivity index (χ1n) is 4.15. The van der Waals surface area contributed by atoms with Crippen molar-refractivity contribution in [2.24, 2.45) is 0 Å². The third-order valence-corrected chi connectivity index (χ3v) is 2.50. The molecule has 74 valence electrons. The van der Waals surface area contributed by atoms with E-state index in [0.29, 0.717) is 5.56 Å². The number of halogens is 1. The topological polar surface area (TPSA) is 37.3 Å². The average Bonchev–Trinajstić information content (AvgIpc) is 2.16. The second-order valence-electron chi connectivity index (χ2n) is 3.04. The molecule has 0 saturated carbocycles. The zero-order valence-corrected chi connectivity index (χ0v) is 9.41. The summed E-state index contributed by atoms with van der Waals surface area (Å²) in [6.07, 6.45) is -0.902. The fourth-order valence-corrected chi connectivity index (χ4v) is 1.30. The Kier molecular flexibility index (Phi) is 3.61. The summed E-state index contributed by atoms with van der Waals surface area (Å²) in [5.74, 6) is -0.194. The molecule has 0 spiro atoms. The van der Waals surface area contributed by atoms with Gasteiger partial charge in [-0.2, -0.15) is 0 Å². The standard InChI is InChI=1S/C11H11BrO2/c1-7(8(2)13)11(14)9-3-5-10(12)6-4-9/h3-6,11,14H,1H2,2H3. The summed E-state index contributed by atoms with van der Waals surface area (Å²) >= 11 is 3.29. The minimum absolute atomic E-state index is 0.194. The van der Waals surface area contributed by atoms with E-state index in [9.17, 15) is 9.90 Å². The summed E-state index contributed by atoms with van der Waals surface area (Å²) in [5.41, 5.74) is 0.890. The Labute approximate surface area is 91.4 Å². The monoisotopic (exact) mass is 254 g/mol. The lowest BCUT2D eigenvalue weighted by atomic mass is 10.0. The molecule has 1 aromatic carbocycles. The van der Waals surface area contributed by atoms with E-state index < -0.39 is 6.10 Å². The Hall–Kier alpha value is -0.930. The summed E-state index contributed by atoms with van der Waals surface area (Å²) in [4.78, 5) is 11.0. The molecule has 3 heteroatoms. The van der Waals surface area contributed by atoms with Gasteiger partial charge in [0.15, 0.2) is 5.78 Å². The smallest absolute Gasteiger partial charge is 0.158 e. The van der Waals surface area contributed by atoms with Crippen LogP contribution in [-0.4, -0.2) is 10.9 Å². The first-order valence-corrected chi connectivity index (χ1v) is 4.95. The highest BCUT2D eigenvalue weighted by molar-refractivity contribution is 9.10. The van der Waals surface area contributed by atoms with Gasteiger partial charge in [0.05, 0.1) is 0 Å². The van der Waals surface area contributed by atoms with Crippen molar-refractivity contribution in [3.8, 4) is 0 Å². The zero-order valence-electron chi connectivity index (χ0n) is 7.83. The Balaban J connectivity index is 2.89. The van der Waals surface area contributed by atoms with E-state index in [1.54, 1.807) is 12.1 Å². The molecule has 0 heterocycles. The summed E-state index contributed by atoms with van der Waals surface area (Å²) < 4.78 is 0.932. The summed E-state index contributed by atoms with van der Waals surface area (Å²) in [5, 5.41) is 9.71. The molecule has 1 atom stereocenters. The minimum atomic E-state index is -0.902. The van der Waals surface area contributed by atoms with E-state index in [4.69, 9.17) is 0 Å². The normalized spacial score (nSPS) is 12.2. The van der Waals surface area contributed by atoms with Crippen molar-refractivity contribution in [2.45, 2.75) is 13.0 Å². The number of ketones is 1. The Morgan fingerprint density at radius 1 is 1.43 bits per heavy atom. The van der Waals surface area contributed by atoms with Crippen LogP contribution >= 0.6 is 15.9 Å². The highest BCUT2D eigenvalue weighted by Gasteiger charge is 2.14. The van der Waals surface area contributed by atoms with Gasteiger partial charge in [-0.1, -0.05) is 34.6 Å². The molecule has 0 radical (unpaired) electrons. The SMILES string of the molecule is C=C(C(C)=O)C(O)c1ccc(Br)cc1. The molecule has 0 fully saturated rings. The number of carbonyl (C=O) groups excluding carboxylic acids is 1. The van der Waals surface area contributed by atoms with E-state index >= 15 is 0 Å². The van der Waals surface area contributed by atoms with Gasteiger partial charge in [0, 0.05) is 10.0 Å². The average molecular weight is 255 g/mol. The molecule has 2 nitrogen and oxygen atoms in total. The molecule has 0 bridgehead atoms. The maximum Gasteiger partial charge on any atom is 0.158 e. The molecular formula is C11H11BrO2. The quantitative estimate of drug-likeness (QED) is 0.843. The van der Waals surface area contributed by atoms with Crippen molar-refractivity contribution in [1.29, 1.82) is 0 Å². The fourth-order valence-electron chi connectivity index (χ4n) is 1.04. The van der Waals surface area contributed by atoms with E-state index in [2.05, 4.69) is 22.5 Å². The van der Waals surface area contributed by atoms with Crippen molar-refractivity contribution >= 4 is 21.7 Å².